The van der Waals surface area contributed by atoms with Gasteiger partial charge in [-0.2, -0.15) is 0 Å². The molecule has 0 aliphatic heterocycles. The number of hydrogen-bond donors (Lipinski definition) is 2. The van der Waals surface area contributed by atoms with Crippen LogP contribution in [0, 0.1) is 19.3 Å². The number of nitrogens with zero attached hydrogens (tertiary/aromatic N) is 1. The number of methoxy groups -OCH3 is 1. The normalized spacial score (nSPS) is 11.0. The quantitative estimate of drug-likeness (QED) is 0.794. The average Bonchev–Trinajstić information content (AvgIpc) is 2.58. The highest BCUT2D eigenvalue weighted by molar-refractivity contribution is 5.99. The molecular weight excluding hydrogens is 300 g/mol. The molecule has 0 fully saturated rings. The molecule has 0 saturated carbocycles. The Balaban J connectivity index is 2.45. The molecule has 0 amide bonds. The minimum atomic E-state index is -0.244. The van der Waals surface area contributed by atoms with Crippen LogP contribution < -0.4 is 4.74 Å². The summed E-state index contributed by atoms with van der Waals surface area (Å²) in [4.78, 5) is 4.79. The summed E-state index contributed by atoms with van der Waals surface area (Å²) in [5, 5.41) is 16.8. The van der Waals surface area contributed by atoms with Gasteiger partial charge in [0.2, 0.25) is 0 Å². The highest BCUT2D eigenvalue weighted by Gasteiger charge is 2.18. The standard InChI is InChI=1S/C20H26N2O2/c1-12(2)19-17(20(24-5)13(3)14(4)22-19)10-15-6-8-16(9-7-15)18(21)11-23/h6-9,12,21,23H,10-11H2,1-5H3. The van der Waals surface area contributed by atoms with Crippen LogP contribution in [0.1, 0.15) is 53.4 Å². The van der Waals surface area contributed by atoms with Gasteiger partial charge in [0.15, 0.2) is 0 Å². The van der Waals surface area contributed by atoms with Crippen LogP contribution in [0.3, 0.4) is 0 Å². The molecule has 4 nitrogen and oxygen atoms in total. The Morgan fingerprint density at radius 3 is 2.33 bits per heavy atom. The maximum atomic E-state index is 9.07. The van der Waals surface area contributed by atoms with Crippen LogP contribution >= 0.6 is 0 Å². The zero-order chi connectivity index (χ0) is 17.9. The lowest BCUT2D eigenvalue weighted by Crippen LogP contribution is -2.08. The molecule has 0 atom stereocenters. The first-order chi connectivity index (χ1) is 11.4. The van der Waals surface area contributed by atoms with Gasteiger partial charge in [-0.3, -0.25) is 4.98 Å². The zero-order valence-corrected chi connectivity index (χ0v) is 15.1. The molecule has 0 spiro atoms. The minimum absolute atomic E-state index is 0.231. The number of hydrogen-bond acceptors (Lipinski definition) is 4. The lowest BCUT2D eigenvalue weighted by atomic mass is 9.94. The van der Waals surface area contributed by atoms with E-state index in [4.69, 9.17) is 20.2 Å². The first-order valence-corrected chi connectivity index (χ1v) is 8.20. The molecule has 0 saturated heterocycles. The Kier molecular flexibility index (Phi) is 5.73. The van der Waals surface area contributed by atoms with Crippen molar-refractivity contribution in [2.75, 3.05) is 13.7 Å². The predicted molar refractivity (Wildman–Crippen MR) is 97.5 cm³/mol. The van der Waals surface area contributed by atoms with Gasteiger partial charge in [0.1, 0.15) is 5.75 Å². The summed E-state index contributed by atoms with van der Waals surface area (Å²) >= 11 is 0. The number of ether oxygens (including phenoxy) is 1. The van der Waals surface area contributed by atoms with Gasteiger partial charge in [-0.25, -0.2) is 0 Å². The van der Waals surface area contributed by atoms with Gasteiger partial charge in [0, 0.05) is 23.2 Å². The second kappa shape index (κ2) is 7.58. The number of aliphatic hydroxyl groups is 1. The molecule has 0 bridgehead atoms. The third kappa shape index (κ3) is 3.65. The fourth-order valence-corrected chi connectivity index (χ4v) is 2.88. The van der Waals surface area contributed by atoms with E-state index in [-0.39, 0.29) is 12.3 Å². The Bertz CT molecular complexity index is 734. The second-order valence-electron chi connectivity index (χ2n) is 6.38. The van der Waals surface area contributed by atoms with Crippen LogP contribution in [0.4, 0.5) is 0 Å². The summed E-state index contributed by atoms with van der Waals surface area (Å²) in [6.07, 6.45) is 0.734. The molecule has 2 aromatic rings. The Hall–Kier alpha value is -2.20. The topological polar surface area (TPSA) is 66.2 Å². The van der Waals surface area contributed by atoms with Gasteiger partial charge in [-0.1, -0.05) is 38.1 Å². The van der Waals surface area contributed by atoms with E-state index in [9.17, 15) is 0 Å². The predicted octanol–water partition coefficient (Wildman–Crippen LogP) is 3.78. The molecule has 2 rings (SSSR count). The molecule has 1 aromatic carbocycles. The van der Waals surface area contributed by atoms with Gasteiger partial charge >= 0.3 is 0 Å². The van der Waals surface area contributed by atoms with E-state index in [1.54, 1.807) is 7.11 Å². The fourth-order valence-electron chi connectivity index (χ4n) is 2.88. The molecular formula is C20H26N2O2. The molecule has 24 heavy (non-hydrogen) atoms. The van der Waals surface area contributed by atoms with E-state index in [1.807, 2.05) is 38.1 Å². The Morgan fingerprint density at radius 1 is 1.21 bits per heavy atom. The third-order valence-corrected chi connectivity index (χ3v) is 4.35. The number of pyridine rings is 1. The van der Waals surface area contributed by atoms with Crippen LogP contribution in [-0.4, -0.2) is 29.5 Å². The average molecular weight is 326 g/mol. The van der Waals surface area contributed by atoms with E-state index in [0.717, 1.165) is 45.8 Å². The number of nitrogens with one attached hydrogen (secondary N) is 1. The maximum absolute atomic E-state index is 9.07. The van der Waals surface area contributed by atoms with Crippen molar-refractivity contribution in [1.82, 2.24) is 4.98 Å². The summed E-state index contributed by atoms with van der Waals surface area (Å²) < 4.78 is 5.69. The number of benzene rings is 1. The van der Waals surface area contributed by atoms with Crippen molar-refractivity contribution < 1.29 is 9.84 Å². The Morgan fingerprint density at radius 2 is 1.83 bits per heavy atom. The summed E-state index contributed by atoms with van der Waals surface area (Å²) in [6.45, 7) is 8.10. The molecule has 0 unspecified atom stereocenters. The maximum Gasteiger partial charge on any atom is 0.128 e. The first-order valence-electron chi connectivity index (χ1n) is 8.20. The van der Waals surface area contributed by atoms with E-state index in [1.165, 1.54) is 0 Å². The van der Waals surface area contributed by atoms with Crippen LogP contribution in [-0.2, 0) is 6.42 Å². The molecule has 0 radical (unpaired) electrons. The van der Waals surface area contributed by atoms with Gasteiger partial charge < -0.3 is 15.3 Å². The molecule has 0 aliphatic rings. The molecule has 128 valence electrons. The number of aryl methyl sites for hydroxylation is 1. The van der Waals surface area contributed by atoms with Crippen molar-refractivity contribution in [3.05, 3.63) is 57.9 Å². The summed E-state index contributed by atoms with van der Waals surface area (Å²) in [5.74, 6) is 1.23. The number of aromatic nitrogens is 1. The van der Waals surface area contributed by atoms with Crippen LogP contribution in [0.5, 0.6) is 5.75 Å². The van der Waals surface area contributed by atoms with Gasteiger partial charge in [-0.05, 0) is 30.9 Å². The highest BCUT2D eigenvalue weighted by Crippen LogP contribution is 2.33. The van der Waals surface area contributed by atoms with Gasteiger partial charge in [0.25, 0.3) is 0 Å². The Labute approximate surface area is 144 Å². The van der Waals surface area contributed by atoms with Gasteiger partial charge in [-0.15, -0.1) is 0 Å². The smallest absolute Gasteiger partial charge is 0.128 e. The van der Waals surface area contributed by atoms with E-state index < -0.39 is 0 Å². The van der Waals surface area contributed by atoms with Crippen molar-refractivity contribution in [3.8, 4) is 5.75 Å². The first kappa shape index (κ1) is 18.1. The lowest BCUT2D eigenvalue weighted by Gasteiger charge is -2.19. The fraction of sp³-hybridized carbons (Fsp3) is 0.400. The third-order valence-electron chi connectivity index (χ3n) is 4.35. The number of rotatable bonds is 6. The summed E-state index contributed by atoms with van der Waals surface area (Å²) in [6, 6.07) is 7.75. The van der Waals surface area contributed by atoms with Crippen molar-refractivity contribution >= 4 is 5.71 Å². The summed E-state index contributed by atoms with van der Waals surface area (Å²) in [5.41, 5.74) is 6.39. The molecule has 1 aromatic heterocycles. The minimum Gasteiger partial charge on any atom is -0.496 e. The largest absolute Gasteiger partial charge is 0.496 e. The molecule has 0 aliphatic carbocycles. The van der Waals surface area contributed by atoms with Crippen molar-refractivity contribution in [3.63, 3.8) is 0 Å². The van der Waals surface area contributed by atoms with E-state index in [0.29, 0.717) is 5.92 Å². The van der Waals surface area contributed by atoms with E-state index >= 15 is 0 Å². The van der Waals surface area contributed by atoms with Gasteiger partial charge in [0.05, 0.1) is 25.1 Å². The zero-order valence-electron chi connectivity index (χ0n) is 15.1. The highest BCUT2D eigenvalue weighted by atomic mass is 16.5. The van der Waals surface area contributed by atoms with Crippen LogP contribution in [0.2, 0.25) is 0 Å². The van der Waals surface area contributed by atoms with E-state index in [2.05, 4.69) is 13.8 Å². The molecule has 2 N–H and O–H groups in total. The van der Waals surface area contributed by atoms with Crippen LogP contribution in [0.25, 0.3) is 0 Å². The van der Waals surface area contributed by atoms with Crippen LogP contribution in [0.15, 0.2) is 24.3 Å². The van der Waals surface area contributed by atoms with Crippen molar-refractivity contribution in [2.24, 2.45) is 0 Å². The van der Waals surface area contributed by atoms with Crippen molar-refractivity contribution in [1.29, 1.82) is 5.41 Å². The lowest BCUT2D eigenvalue weighted by molar-refractivity contribution is 0.357. The molecule has 4 heteroatoms. The van der Waals surface area contributed by atoms with Crippen molar-refractivity contribution in [2.45, 2.75) is 40.0 Å². The second-order valence-corrected chi connectivity index (χ2v) is 6.38. The SMILES string of the molecule is COc1c(C)c(C)nc(C(C)C)c1Cc1ccc(C(=N)CO)cc1. The summed E-state index contributed by atoms with van der Waals surface area (Å²) in [7, 11) is 1.71. The number of aliphatic hydroxyl groups excluding tert-OH is 1. The monoisotopic (exact) mass is 326 g/mol. The molecule has 1 heterocycles.